The molecule has 1 aliphatic heterocycles. The zero-order chi connectivity index (χ0) is 21.3. The Morgan fingerprint density at radius 3 is 2.63 bits per heavy atom. The van der Waals surface area contributed by atoms with Crippen molar-refractivity contribution >= 4 is 11.6 Å². The number of hydrogen-bond acceptors (Lipinski definition) is 3. The third-order valence-electron chi connectivity index (χ3n) is 6.02. The van der Waals surface area contributed by atoms with Gasteiger partial charge >= 0.3 is 0 Å². The summed E-state index contributed by atoms with van der Waals surface area (Å²) in [6.07, 6.45) is 5.54. The summed E-state index contributed by atoms with van der Waals surface area (Å²) in [6.45, 7) is 7.23. The van der Waals surface area contributed by atoms with Gasteiger partial charge in [0.05, 0.1) is 0 Å². The molecule has 0 saturated carbocycles. The molecule has 1 saturated heterocycles. The summed E-state index contributed by atoms with van der Waals surface area (Å²) < 4.78 is 6.00. The van der Waals surface area contributed by atoms with E-state index in [-0.39, 0.29) is 0 Å². The van der Waals surface area contributed by atoms with Crippen molar-refractivity contribution in [2.75, 3.05) is 24.5 Å². The molecule has 30 heavy (non-hydrogen) atoms. The first-order valence-corrected chi connectivity index (χ1v) is 11.2. The zero-order valence-electron chi connectivity index (χ0n) is 18.4. The fourth-order valence-corrected chi connectivity index (χ4v) is 4.12. The number of nitrogens with zero attached hydrogens (tertiary/aromatic N) is 2. The van der Waals surface area contributed by atoms with Gasteiger partial charge in [-0.25, -0.2) is 0 Å². The van der Waals surface area contributed by atoms with Gasteiger partial charge in [0.1, 0.15) is 12.4 Å². The number of anilines is 1. The normalized spacial score (nSPS) is 16.4. The molecule has 5 nitrogen and oxygen atoms in total. The molecule has 1 aliphatic rings. The lowest BCUT2D eigenvalue weighted by Gasteiger charge is -2.41. The minimum Gasteiger partial charge on any atom is -0.489 e. The Labute approximate surface area is 181 Å². The van der Waals surface area contributed by atoms with Crippen molar-refractivity contribution in [3.63, 3.8) is 0 Å². The number of likely N-dealkylation sites (tertiary alicyclic amines) is 1. The molecular formula is C25H36N4O. The topological polar surface area (TPSA) is 65.6 Å². The van der Waals surface area contributed by atoms with Gasteiger partial charge in [-0.3, -0.25) is 5.41 Å². The van der Waals surface area contributed by atoms with Crippen LogP contribution in [0.15, 0.2) is 48.5 Å². The summed E-state index contributed by atoms with van der Waals surface area (Å²) in [5, 5.41) is 8.94. The van der Waals surface area contributed by atoms with Crippen LogP contribution in [-0.2, 0) is 6.61 Å². The molecule has 2 aromatic rings. The van der Waals surface area contributed by atoms with Crippen LogP contribution in [-0.4, -0.2) is 36.5 Å². The molecule has 0 radical (unpaired) electrons. The van der Waals surface area contributed by atoms with Crippen molar-refractivity contribution < 1.29 is 4.74 Å². The molecule has 0 amide bonds. The maximum atomic E-state index is 8.94. The van der Waals surface area contributed by atoms with Crippen LogP contribution in [0.3, 0.4) is 0 Å². The van der Waals surface area contributed by atoms with Crippen molar-refractivity contribution in [3.8, 4) is 5.75 Å². The Balaban J connectivity index is 1.70. The van der Waals surface area contributed by atoms with Gasteiger partial charge in [0.25, 0.3) is 0 Å². The number of ether oxygens (including phenoxy) is 1. The minimum absolute atomic E-state index is 0.461. The summed E-state index contributed by atoms with van der Waals surface area (Å²) in [4.78, 5) is 4.38. The van der Waals surface area contributed by atoms with Crippen LogP contribution in [0.5, 0.6) is 5.75 Å². The number of nitrogens with one attached hydrogen (secondary N) is 1. The lowest BCUT2D eigenvalue weighted by molar-refractivity contribution is 0.230. The Hall–Kier alpha value is -2.53. The fourth-order valence-electron chi connectivity index (χ4n) is 4.12. The lowest BCUT2D eigenvalue weighted by Crippen LogP contribution is -2.51. The summed E-state index contributed by atoms with van der Waals surface area (Å²) >= 11 is 0. The van der Waals surface area contributed by atoms with Crippen LogP contribution in [0.4, 0.5) is 5.69 Å². The van der Waals surface area contributed by atoms with E-state index in [1.807, 2.05) is 24.3 Å². The quantitative estimate of drug-likeness (QED) is 0.480. The number of aryl methyl sites for hydroxylation is 1. The van der Waals surface area contributed by atoms with Crippen molar-refractivity contribution in [1.29, 1.82) is 5.41 Å². The van der Waals surface area contributed by atoms with Crippen LogP contribution < -0.4 is 15.4 Å². The smallest absolute Gasteiger partial charge is 0.198 e. The standard InChI is InChI=1S/C25H36N4O/c1-3-22-11-6-7-17-28(22)25(27)29(18-8-16-26)23-12-14-24(15-13-23)30-19-21-10-5-4-9-20(21)2/h4-5,9-10,12-15,22,27H,3,6-8,11,16-19,26H2,1-2H3. The SMILES string of the molecule is CCC1CCCCN1C(=N)N(CCCN)c1ccc(OCc2ccccc2C)cc1. The van der Waals surface area contributed by atoms with Crippen LogP contribution in [0.1, 0.15) is 50.2 Å². The van der Waals surface area contributed by atoms with E-state index < -0.39 is 0 Å². The van der Waals surface area contributed by atoms with Gasteiger partial charge in [-0.1, -0.05) is 31.2 Å². The molecule has 1 fully saturated rings. The van der Waals surface area contributed by atoms with E-state index in [9.17, 15) is 0 Å². The molecule has 3 N–H and O–H groups in total. The second-order valence-corrected chi connectivity index (χ2v) is 8.08. The molecule has 0 spiro atoms. The first-order chi connectivity index (χ1) is 14.6. The van der Waals surface area contributed by atoms with E-state index in [2.05, 4.69) is 47.9 Å². The number of piperidine rings is 1. The third-order valence-corrected chi connectivity index (χ3v) is 6.02. The van der Waals surface area contributed by atoms with E-state index >= 15 is 0 Å². The largest absolute Gasteiger partial charge is 0.489 e. The highest BCUT2D eigenvalue weighted by molar-refractivity contribution is 5.94. The van der Waals surface area contributed by atoms with E-state index in [0.717, 1.165) is 43.8 Å². The zero-order valence-corrected chi connectivity index (χ0v) is 18.4. The van der Waals surface area contributed by atoms with E-state index in [4.69, 9.17) is 15.9 Å². The first-order valence-electron chi connectivity index (χ1n) is 11.2. The van der Waals surface area contributed by atoms with Crippen molar-refractivity contribution in [2.24, 2.45) is 5.73 Å². The fraction of sp³-hybridized carbons (Fsp3) is 0.480. The average molecular weight is 409 g/mol. The summed E-state index contributed by atoms with van der Waals surface area (Å²) in [5.41, 5.74) is 9.25. The molecule has 0 bridgehead atoms. The molecule has 0 aliphatic carbocycles. The van der Waals surface area contributed by atoms with Gasteiger partial charge < -0.3 is 20.3 Å². The molecule has 1 unspecified atom stereocenters. The minimum atomic E-state index is 0.461. The maximum Gasteiger partial charge on any atom is 0.198 e. The molecular weight excluding hydrogens is 372 g/mol. The van der Waals surface area contributed by atoms with Crippen molar-refractivity contribution in [1.82, 2.24) is 4.90 Å². The monoisotopic (exact) mass is 408 g/mol. The van der Waals surface area contributed by atoms with Gasteiger partial charge in [0.2, 0.25) is 0 Å². The second-order valence-electron chi connectivity index (χ2n) is 8.08. The van der Waals surface area contributed by atoms with Gasteiger partial charge in [0.15, 0.2) is 5.96 Å². The number of rotatable bonds is 8. The van der Waals surface area contributed by atoms with Crippen LogP contribution in [0.2, 0.25) is 0 Å². The van der Waals surface area contributed by atoms with Gasteiger partial charge in [-0.05, 0) is 81.0 Å². The number of guanidine groups is 1. The highest BCUT2D eigenvalue weighted by Gasteiger charge is 2.26. The predicted molar refractivity (Wildman–Crippen MR) is 125 cm³/mol. The summed E-state index contributed by atoms with van der Waals surface area (Å²) in [6, 6.07) is 16.9. The highest BCUT2D eigenvalue weighted by Crippen LogP contribution is 2.25. The number of nitrogens with two attached hydrogens (primary N) is 1. The van der Waals surface area contributed by atoms with Crippen LogP contribution in [0.25, 0.3) is 0 Å². The Morgan fingerprint density at radius 1 is 1.17 bits per heavy atom. The molecule has 3 rings (SSSR count). The van der Waals surface area contributed by atoms with Gasteiger partial charge in [-0.2, -0.15) is 0 Å². The predicted octanol–water partition coefficient (Wildman–Crippen LogP) is 4.93. The van der Waals surface area contributed by atoms with E-state index in [0.29, 0.717) is 25.2 Å². The Kier molecular flexibility index (Phi) is 8.14. The molecule has 162 valence electrons. The summed E-state index contributed by atoms with van der Waals surface area (Å²) in [7, 11) is 0. The first kappa shape index (κ1) is 22.2. The van der Waals surface area contributed by atoms with E-state index in [1.54, 1.807) is 0 Å². The van der Waals surface area contributed by atoms with Crippen molar-refractivity contribution in [3.05, 3.63) is 59.7 Å². The average Bonchev–Trinajstić information content (AvgIpc) is 2.79. The molecule has 0 aromatic heterocycles. The molecule has 1 heterocycles. The van der Waals surface area contributed by atoms with Gasteiger partial charge in [-0.15, -0.1) is 0 Å². The van der Waals surface area contributed by atoms with Crippen molar-refractivity contribution in [2.45, 2.75) is 58.6 Å². The molecule has 5 heteroatoms. The number of hydrogen-bond donors (Lipinski definition) is 2. The second kappa shape index (κ2) is 11.0. The van der Waals surface area contributed by atoms with Gasteiger partial charge in [0, 0.05) is 24.8 Å². The molecule has 2 aromatic carbocycles. The molecule has 1 atom stereocenters. The Bertz CT molecular complexity index is 805. The lowest BCUT2D eigenvalue weighted by atomic mass is 10.0. The maximum absolute atomic E-state index is 8.94. The highest BCUT2D eigenvalue weighted by atomic mass is 16.5. The van der Waals surface area contributed by atoms with Crippen LogP contribution >= 0.6 is 0 Å². The van der Waals surface area contributed by atoms with Crippen LogP contribution in [0, 0.1) is 12.3 Å². The summed E-state index contributed by atoms with van der Waals surface area (Å²) in [5.74, 6) is 1.44. The third kappa shape index (κ3) is 5.54. The number of benzene rings is 2. The van der Waals surface area contributed by atoms with E-state index in [1.165, 1.54) is 24.0 Å². The Morgan fingerprint density at radius 2 is 1.93 bits per heavy atom.